The highest BCUT2D eigenvalue weighted by Gasteiger charge is 2.55. The average Bonchev–Trinajstić information content (AvgIpc) is 3.44. The predicted octanol–water partition coefficient (Wildman–Crippen LogP) is 3.17. The van der Waals surface area contributed by atoms with Gasteiger partial charge in [0.2, 0.25) is 11.7 Å². The van der Waals surface area contributed by atoms with E-state index in [0.29, 0.717) is 18.7 Å². The van der Waals surface area contributed by atoms with Crippen molar-refractivity contribution in [1.82, 2.24) is 25.5 Å². The third-order valence-corrected chi connectivity index (χ3v) is 8.13. The summed E-state index contributed by atoms with van der Waals surface area (Å²) in [7, 11) is 0. The van der Waals surface area contributed by atoms with Crippen LogP contribution < -0.4 is 10.6 Å². The molecule has 0 bridgehead atoms. The fourth-order valence-corrected chi connectivity index (χ4v) is 5.64. The summed E-state index contributed by atoms with van der Waals surface area (Å²) in [5.74, 6) is -2.19. The standard InChI is InChI=1S/C32H31N5O4/c38-28(30(40)34-19-22-6-2-1-3-7-22)25(16-21-10-14-33-15-11-21)36-29(39)27-18-32(12-13-32)20-37(27)31(41)26-17-23-8-4-5-9-24(23)35-26/h1-11,14-15,17,25,27,35H,12-13,16,18-20H2,(H,34,40)(H,36,39)/t25?,27-/m0/s1. The Morgan fingerprint density at radius 2 is 1.68 bits per heavy atom. The van der Waals surface area contributed by atoms with Gasteiger partial charge < -0.3 is 20.5 Å². The maximum atomic E-state index is 13.8. The Balaban J connectivity index is 1.20. The van der Waals surface area contributed by atoms with Gasteiger partial charge in [-0.1, -0.05) is 48.5 Å². The van der Waals surface area contributed by atoms with Crippen molar-refractivity contribution in [3.8, 4) is 0 Å². The van der Waals surface area contributed by atoms with E-state index in [-0.39, 0.29) is 24.3 Å². The molecular formula is C32H31N5O4. The van der Waals surface area contributed by atoms with E-state index in [2.05, 4.69) is 20.6 Å². The van der Waals surface area contributed by atoms with Crippen LogP contribution in [0.25, 0.3) is 10.9 Å². The van der Waals surface area contributed by atoms with Gasteiger partial charge in [0.25, 0.3) is 11.8 Å². The monoisotopic (exact) mass is 549 g/mol. The molecule has 3 N–H and O–H groups in total. The summed E-state index contributed by atoms with van der Waals surface area (Å²) in [6, 6.07) is 20.4. The molecule has 1 aliphatic carbocycles. The van der Waals surface area contributed by atoms with Gasteiger partial charge >= 0.3 is 0 Å². The van der Waals surface area contributed by atoms with Crippen LogP contribution in [-0.4, -0.2) is 57.0 Å². The Kier molecular flexibility index (Phi) is 7.09. The van der Waals surface area contributed by atoms with E-state index in [1.54, 1.807) is 35.5 Å². The van der Waals surface area contributed by atoms with E-state index in [1.807, 2.05) is 54.6 Å². The molecular weight excluding hydrogens is 518 g/mol. The lowest BCUT2D eigenvalue weighted by Gasteiger charge is -2.26. The topological polar surface area (TPSA) is 124 Å². The zero-order valence-electron chi connectivity index (χ0n) is 22.5. The number of Topliss-reactive ketones (excluding diaryl/α,β-unsaturated/α-hetero) is 1. The van der Waals surface area contributed by atoms with E-state index >= 15 is 0 Å². The van der Waals surface area contributed by atoms with Crippen LogP contribution in [0.15, 0.2) is 85.2 Å². The van der Waals surface area contributed by atoms with E-state index < -0.39 is 29.7 Å². The van der Waals surface area contributed by atoms with Crippen molar-refractivity contribution in [2.45, 2.75) is 44.3 Å². The number of aromatic nitrogens is 2. The fourth-order valence-electron chi connectivity index (χ4n) is 5.64. The lowest BCUT2D eigenvalue weighted by molar-refractivity contribution is -0.140. The summed E-state index contributed by atoms with van der Waals surface area (Å²) in [6.07, 6.45) is 5.76. The molecule has 1 spiro atoms. The first-order valence-corrected chi connectivity index (χ1v) is 13.8. The number of para-hydroxylation sites is 1. The van der Waals surface area contributed by atoms with Gasteiger partial charge in [-0.25, -0.2) is 0 Å². The quantitative estimate of drug-likeness (QED) is 0.277. The first kappa shape index (κ1) is 26.4. The molecule has 3 amide bonds. The zero-order chi connectivity index (χ0) is 28.4. The van der Waals surface area contributed by atoms with E-state index in [9.17, 15) is 19.2 Å². The van der Waals surface area contributed by atoms with Gasteiger partial charge in [-0.3, -0.25) is 24.2 Å². The Labute approximate surface area is 237 Å². The first-order chi connectivity index (χ1) is 19.9. The second-order valence-corrected chi connectivity index (χ2v) is 11.1. The minimum Gasteiger partial charge on any atom is -0.351 e. The summed E-state index contributed by atoms with van der Waals surface area (Å²) in [6.45, 7) is 0.680. The molecule has 1 saturated heterocycles. The summed E-state index contributed by atoms with van der Waals surface area (Å²) >= 11 is 0. The summed E-state index contributed by atoms with van der Waals surface area (Å²) in [5.41, 5.74) is 2.82. The number of carbonyl (C=O) groups excluding carboxylic acids is 4. The average molecular weight is 550 g/mol. The molecule has 2 aromatic carbocycles. The van der Waals surface area contributed by atoms with Crippen molar-refractivity contribution in [3.05, 3.63) is 102 Å². The number of aromatic amines is 1. The number of amides is 3. The van der Waals surface area contributed by atoms with Crippen molar-refractivity contribution in [1.29, 1.82) is 0 Å². The molecule has 2 fully saturated rings. The van der Waals surface area contributed by atoms with Crippen LogP contribution in [0.3, 0.4) is 0 Å². The Bertz CT molecular complexity index is 1560. The lowest BCUT2D eigenvalue weighted by atomic mass is 10.00. The van der Waals surface area contributed by atoms with Crippen molar-refractivity contribution in [2.75, 3.05) is 6.54 Å². The molecule has 41 heavy (non-hydrogen) atoms. The maximum Gasteiger partial charge on any atom is 0.289 e. The minimum absolute atomic E-state index is 0.0681. The number of nitrogens with zero attached hydrogens (tertiary/aromatic N) is 2. The number of carbonyl (C=O) groups is 4. The van der Waals surface area contributed by atoms with E-state index in [0.717, 1.165) is 34.9 Å². The van der Waals surface area contributed by atoms with Crippen molar-refractivity contribution in [3.63, 3.8) is 0 Å². The second kappa shape index (κ2) is 11.0. The maximum absolute atomic E-state index is 13.8. The molecule has 9 nitrogen and oxygen atoms in total. The highest BCUT2D eigenvalue weighted by Crippen LogP contribution is 2.55. The molecule has 6 rings (SSSR count). The third-order valence-electron chi connectivity index (χ3n) is 8.13. The molecule has 4 aromatic rings. The molecule has 2 aliphatic rings. The predicted molar refractivity (Wildman–Crippen MR) is 153 cm³/mol. The van der Waals surface area contributed by atoms with Crippen LogP contribution in [0.2, 0.25) is 0 Å². The van der Waals surface area contributed by atoms with Crippen LogP contribution >= 0.6 is 0 Å². The molecule has 1 aliphatic heterocycles. The summed E-state index contributed by atoms with van der Waals surface area (Å²) in [5, 5.41) is 6.43. The Morgan fingerprint density at radius 3 is 2.41 bits per heavy atom. The van der Waals surface area contributed by atoms with E-state index in [4.69, 9.17) is 0 Å². The molecule has 2 aromatic heterocycles. The molecule has 3 heterocycles. The highest BCUT2D eigenvalue weighted by atomic mass is 16.2. The highest BCUT2D eigenvalue weighted by molar-refractivity contribution is 6.38. The SMILES string of the molecule is O=C(NCc1ccccc1)C(=O)C(Cc1ccncc1)NC(=O)[C@@H]1CC2(CC2)CN1C(=O)c1cc2ccccc2[nH]1. The van der Waals surface area contributed by atoms with Crippen molar-refractivity contribution >= 4 is 34.4 Å². The third kappa shape index (κ3) is 5.75. The number of ketones is 1. The molecule has 1 saturated carbocycles. The van der Waals surface area contributed by atoms with E-state index in [1.165, 1.54) is 0 Å². The largest absolute Gasteiger partial charge is 0.351 e. The minimum atomic E-state index is -1.10. The number of fused-ring (bicyclic) bond motifs is 1. The first-order valence-electron chi connectivity index (χ1n) is 13.8. The molecule has 0 radical (unpaired) electrons. The van der Waals surface area contributed by atoms with Gasteiger partial charge in [0, 0.05) is 42.8 Å². The fraction of sp³-hybridized carbons (Fsp3) is 0.281. The summed E-state index contributed by atoms with van der Waals surface area (Å²) < 4.78 is 0. The Hall–Kier alpha value is -4.79. The number of H-pyrrole nitrogens is 1. The number of likely N-dealkylation sites (tertiary alicyclic amines) is 1. The molecule has 9 heteroatoms. The number of pyridine rings is 1. The number of rotatable bonds is 9. The second-order valence-electron chi connectivity index (χ2n) is 11.1. The van der Waals surface area contributed by atoms with Crippen LogP contribution in [0.5, 0.6) is 0 Å². The molecule has 1 unspecified atom stereocenters. The van der Waals surface area contributed by atoms with Crippen molar-refractivity contribution < 1.29 is 19.2 Å². The van der Waals surface area contributed by atoms with Crippen LogP contribution in [0, 0.1) is 5.41 Å². The van der Waals surface area contributed by atoms with Gasteiger partial charge in [-0.05, 0) is 60.1 Å². The number of benzene rings is 2. The Morgan fingerprint density at radius 1 is 0.951 bits per heavy atom. The molecule has 208 valence electrons. The summed E-state index contributed by atoms with van der Waals surface area (Å²) in [4.78, 5) is 62.5. The smallest absolute Gasteiger partial charge is 0.289 e. The van der Waals surface area contributed by atoms with Gasteiger partial charge in [-0.2, -0.15) is 0 Å². The molecule has 2 atom stereocenters. The number of hydrogen-bond acceptors (Lipinski definition) is 5. The van der Waals surface area contributed by atoms with Crippen LogP contribution in [0.4, 0.5) is 0 Å². The van der Waals surface area contributed by atoms with Crippen LogP contribution in [0.1, 0.15) is 40.9 Å². The zero-order valence-corrected chi connectivity index (χ0v) is 22.5. The normalized spacial score (nSPS) is 17.8. The number of hydrogen-bond donors (Lipinski definition) is 3. The van der Waals surface area contributed by atoms with Gasteiger partial charge in [0.05, 0.1) is 0 Å². The van der Waals surface area contributed by atoms with Gasteiger partial charge in [0.1, 0.15) is 17.8 Å². The lowest BCUT2D eigenvalue weighted by Crippen LogP contribution is -2.54. The van der Waals surface area contributed by atoms with Gasteiger partial charge in [0.15, 0.2) is 0 Å². The number of nitrogens with one attached hydrogen (secondary N) is 3. The van der Waals surface area contributed by atoms with Crippen LogP contribution in [-0.2, 0) is 27.3 Å². The van der Waals surface area contributed by atoms with Crippen molar-refractivity contribution in [2.24, 2.45) is 5.41 Å². The van der Waals surface area contributed by atoms with Gasteiger partial charge in [-0.15, -0.1) is 0 Å².